The Morgan fingerprint density at radius 2 is 0.986 bits per heavy atom. The van der Waals surface area contributed by atoms with Gasteiger partial charge in [0.25, 0.3) is 0 Å². The highest BCUT2D eigenvalue weighted by atomic mass is 15.2. The van der Waals surface area contributed by atoms with Crippen LogP contribution in [0, 0.1) is 35.5 Å². The van der Waals surface area contributed by atoms with E-state index in [9.17, 15) is 0 Å². The molecule has 338 valence electrons. The first kappa shape index (κ1) is 38.4. The summed E-state index contributed by atoms with van der Waals surface area (Å²) in [5.74, 6) is 5.43. The quantitative estimate of drug-likeness (QED) is 0.160. The lowest BCUT2D eigenvalue weighted by atomic mass is 9.43. The predicted molar refractivity (Wildman–Crippen MR) is 289 cm³/mol. The standard InChI is InChI=1S/C67H57BN2/c1-3-13-47(14-4-1)67(48-15-5-2-6-16-48)56-18-9-10-21-60(56)69-63-51-17-8-7-12-46(51)30-53-55-33-50(66-37-43-27-44(38-66)29-45(28-43)39-66)32-54-52-31-49(65-34-40-24-41(35-65)26-42(25-40)36-65)22-23-59(52)70(62(54)55)68(61(53)63)58-20-11-19-57(67)64(58)69/h1-23,30-33,40-45H,24-29,34-39H2. The van der Waals surface area contributed by atoms with Crippen LogP contribution in [0.4, 0.5) is 17.1 Å². The number of rotatable bonds is 4. The van der Waals surface area contributed by atoms with Crippen LogP contribution in [-0.2, 0) is 16.2 Å². The van der Waals surface area contributed by atoms with Gasteiger partial charge in [-0.2, -0.15) is 0 Å². The average Bonchev–Trinajstić information content (AvgIpc) is 3.72. The zero-order valence-corrected chi connectivity index (χ0v) is 40.0. The summed E-state index contributed by atoms with van der Waals surface area (Å²) in [6, 6.07) is 65.4. The van der Waals surface area contributed by atoms with E-state index in [1.54, 1.807) is 11.1 Å². The molecule has 3 heteroatoms. The van der Waals surface area contributed by atoms with Gasteiger partial charge in [-0.15, -0.1) is 0 Å². The fourth-order valence-electron chi connectivity index (χ4n) is 19.7. The summed E-state index contributed by atoms with van der Waals surface area (Å²) in [4.78, 5) is 2.75. The summed E-state index contributed by atoms with van der Waals surface area (Å²) in [5, 5.41) is 5.70. The molecule has 0 radical (unpaired) electrons. The molecule has 8 aliphatic carbocycles. The van der Waals surface area contributed by atoms with Crippen LogP contribution < -0.4 is 15.8 Å². The highest BCUT2D eigenvalue weighted by molar-refractivity contribution is 6.90. The first-order valence-corrected chi connectivity index (χ1v) is 27.4. The lowest BCUT2D eigenvalue weighted by Gasteiger charge is -2.57. The Labute approximate surface area is 411 Å². The maximum Gasteiger partial charge on any atom is 0.333 e. The summed E-state index contributed by atoms with van der Waals surface area (Å²) < 4.78 is 2.90. The molecule has 8 fully saturated rings. The molecule has 0 spiro atoms. The van der Waals surface area contributed by atoms with Crippen LogP contribution >= 0.6 is 0 Å². The molecule has 0 unspecified atom stereocenters. The van der Waals surface area contributed by atoms with E-state index < -0.39 is 5.41 Å². The number of benzene rings is 8. The van der Waals surface area contributed by atoms with Gasteiger partial charge in [0.05, 0.1) is 16.8 Å². The molecule has 1 aromatic heterocycles. The highest BCUT2D eigenvalue weighted by Gasteiger charge is 2.56. The molecule has 4 heterocycles. The zero-order valence-electron chi connectivity index (χ0n) is 40.0. The number of para-hydroxylation sites is 2. The molecule has 0 saturated heterocycles. The van der Waals surface area contributed by atoms with Gasteiger partial charge in [-0.1, -0.05) is 127 Å². The van der Waals surface area contributed by atoms with E-state index in [4.69, 9.17) is 0 Å². The van der Waals surface area contributed by atoms with Crippen molar-refractivity contribution in [3.63, 3.8) is 0 Å². The van der Waals surface area contributed by atoms with E-state index in [-0.39, 0.29) is 12.3 Å². The Morgan fingerprint density at radius 1 is 0.414 bits per heavy atom. The van der Waals surface area contributed by atoms with Gasteiger partial charge in [-0.3, -0.25) is 0 Å². The largest absolute Gasteiger partial charge is 0.375 e. The van der Waals surface area contributed by atoms with Gasteiger partial charge >= 0.3 is 6.85 Å². The summed E-state index contributed by atoms with van der Waals surface area (Å²) in [6.07, 6.45) is 17.2. The molecule has 8 saturated carbocycles. The zero-order chi connectivity index (χ0) is 45.2. The number of fused-ring (bicyclic) bond motifs is 11. The second kappa shape index (κ2) is 13.1. The number of anilines is 3. The van der Waals surface area contributed by atoms with Crippen LogP contribution in [0.15, 0.2) is 164 Å². The van der Waals surface area contributed by atoms with Crippen LogP contribution in [0.2, 0.25) is 0 Å². The molecule has 0 N–H and O–H groups in total. The molecule has 0 amide bonds. The maximum absolute atomic E-state index is 2.90. The van der Waals surface area contributed by atoms with E-state index >= 15 is 0 Å². The van der Waals surface area contributed by atoms with Crippen LogP contribution in [0.5, 0.6) is 0 Å². The highest BCUT2D eigenvalue weighted by Crippen LogP contribution is 2.65. The van der Waals surface area contributed by atoms with Gasteiger partial charge in [-0.05, 0) is 215 Å². The Hall–Kier alpha value is -6.32. The average molecular weight is 901 g/mol. The van der Waals surface area contributed by atoms with Crippen molar-refractivity contribution in [1.82, 2.24) is 4.48 Å². The van der Waals surface area contributed by atoms with Crippen molar-refractivity contribution in [3.8, 4) is 11.1 Å². The first-order chi connectivity index (χ1) is 34.5. The van der Waals surface area contributed by atoms with E-state index in [0.29, 0.717) is 5.41 Å². The fraction of sp³-hybridized carbons (Fsp3) is 0.313. The van der Waals surface area contributed by atoms with Crippen LogP contribution in [0.1, 0.15) is 110 Å². The van der Waals surface area contributed by atoms with Gasteiger partial charge in [0.2, 0.25) is 0 Å². The smallest absolute Gasteiger partial charge is 0.333 e. The number of hydrogen-bond acceptors (Lipinski definition) is 1. The Kier molecular flexibility index (Phi) is 7.22. The van der Waals surface area contributed by atoms with Gasteiger partial charge in [0.15, 0.2) is 0 Å². The van der Waals surface area contributed by atoms with Gasteiger partial charge in [0, 0.05) is 38.4 Å². The predicted octanol–water partition coefficient (Wildman–Crippen LogP) is 15.0. The molecule has 11 aliphatic rings. The lowest BCUT2D eigenvalue weighted by molar-refractivity contribution is -0.00527. The summed E-state index contributed by atoms with van der Waals surface area (Å²) in [5.41, 5.74) is 21.4. The number of nitrogens with zero attached hydrogens (tertiary/aromatic N) is 2. The van der Waals surface area contributed by atoms with E-state index in [0.717, 1.165) is 35.5 Å². The summed E-state index contributed by atoms with van der Waals surface area (Å²) in [7, 11) is 0. The molecular formula is C67H57BN2. The Bertz CT molecular complexity index is 3650. The van der Waals surface area contributed by atoms with Crippen molar-refractivity contribution in [3.05, 3.63) is 197 Å². The molecule has 3 aliphatic heterocycles. The van der Waals surface area contributed by atoms with E-state index in [1.807, 2.05) is 0 Å². The third-order valence-corrected chi connectivity index (χ3v) is 21.3. The first-order valence-electron chi connectivity index (χ1n) is 27.4. The number of aromatic nitrogens is 1. The van der Waals surface area contributed by atoms with Crippen LogP contribution in [0.3, 0.4) is 0 Å². The van der Waals surface area contributed by atoms with Crippen molar-refractivity contribution in [2.24, 2.45) is 35.5 Å². The summed E-state index contributed by atoms with van der Waals surface area (Å²) in [6.45, 7) is -0.00128. The number of hydrogen-bond donors (Lipinski definition) is 0. The van der Waals surface area contributed by atoms with E-state index in [1.165, 1.54) is 171 Å². The van der Waals surface area contributed by atoms with Crippen LogP contribution in [0.25, 0.3) is 43.7 Å². The van der Waals surface area contributed by atoms with Crippen molar-refractivity contribution in [2.45, 2.75) is 93.3 Å². The molecule has 9 aromatic rings. The van der Waals surface area contributed by atoms with Crippen molar-refractivity contribution >= 4 is 67.4 Å². The molecule has 2 nitrogen and oxygen atoms in total. The van der Waals surface area contributed by atoms with Crippen molar-refractivity contribution in [2.75, 3.05) is 4.90 Å². The van der Waals surface area contributed by atoms with Crippen molar-refractivity contribution < 1.29 is 0 Å². The normalized spacial score (nSPS) is 29.5. The van der Waals surface area contributed by atoms with Crippen molar-refractivity contribution in [1.29, 1.82) is 0 Å². The van der Waals surface area contributed by atoms with Crippen LogP contribution in [-0.4, -0.2) is 11.3 Å². The SMILES string of the molecule is c1ccc(C2(c3ccccc3)c3ccccc3N3c4c(cccc42)B2c4c(cc5ccccc5c43)-c3cc(C45CC6CC(CC(C6)C4)C5)cc4c5cc(C67CC8CC(CC(C8)C6)C7)ccc5n2c34)cc1. The minimum absolute atomic E-state index is 0.00128. The molecule has 8 bridgehead atoms. The van der Waals surface area contributed by atoms with E-state index in [2.05, 4.69) is 173 Å². The third kappa shape index (κ3) is 4.66. The molecule has 70 heavy (non-hydrogen) atoms. The summed E-state index contributed by atoms with van der Waals surface area (Å²) >= 11 is 0. The maximum atomic E-state index is 2.90. The Balaban J connectivity index is 0.982. The molecule has 20 rings (SSSR count). The minimum atomic E-state index is -0.536. The van der Waals surface area contributed by atoms with Gasteiger partial charge in [0.1, 0.15) is 0 Å². The monoisotopic (exact) mass is 900 g/mol. The molecule has 8 aromatic carbocycles. The van der Waals surface area contributed by atoms with Gasteiger partial charge < -0.3 is 9.38 Å². The molecular weight excluding hydrogens is 844 g/mol. The molecule has 0 atom stereocenters. The second-order valence-corrected chi connectivity index (χ2v) is 24.8. The van der Waals surface area contributed by atoms with Gasteiger partial charge in [-0.25, -0.2) is 0 Å². The lowest BCUT2D eigenvalue weighted by Crippen LogP contribution is -2.58. The fourth-order valence-corrected chi connectivity index (χ4v) is 19.7. The Morgan fingerprint density at radius 3 is 1.66 bits per heavy atom. The minimum Gasteiger partial charge on any atom is -0.375 e. The second-order valence-electron chi connectivity index (χ2n) is 24.8. The third-order valence-electron chi connectivity index (χ3n) is 21.3. The topological polar surface area (TPSA) is 8.17 Å².